The first-order chi connectivity index (χ1) is 7.67. The second-order valence-corrected chi connectivity index (χ2v) is 4.83. The summed E-state index contributed by atoms with van der Waals surface area (Å²) in [5, 5.41) is 12.5. The summed E-state index contributed by atoms with van der Waals surface area (Å²) in [5.74, 6) is -0.119. The quantitative estimate of drug-likeness (QED) is 0.651. The zero-order valence-electron chi connectivity index (χ0n) is 10.2. The van der Waals surface area contributed by atoms with E-state index in [1.165, 1.54) is 6.42 Å². The lowest BCUT2D eigenvalue weighted by Gasteiger charge is -2.37. The Labute approximate surface area is 97.6 Å². The van der Waals surface area contributed by atoms with Crippen molar-refractivity contribution in [3.63, 3.8) is 0 Å². The van der Waals surface area contributed by atoms with Crippen LogP contribution in [0.25, 0.3) is 0 Å². The largest absolute Gasteiger partial charge is 0.394 e. The molecule has 0 aromatic carbocycles. The predicted molar refractivity (Wildman–Crippen MR) is 63.9 cm³/mol. The second kappa shape index (κ2) is 6.21. The fourth-order valence-electron chi connectivity index (χ4n) is 2.37. The van der Waals surface area contributed by atoms with E-state index in [1.807, 2.05) is 6.92 Å². The van der Waals surface area contributed by atoms with Crippen LogP contribution in [0.2, 0.25) is 0 Å². The molecule has 1 rings (SSSR count). The average molecular weight is 228 g/mol. The highest BCUT2D eigenvalue weighted by atomic mass is 16.3. The lowest BCUT2D eigenvalue weighted by molar-refractivity contribution is -0.128. The molecule has 1 atom stereocenters. The van der Waals surface area contributed by atoms with Crippen LogP contribution in [0.1, 0.15) is 45.4 Å². The summed E-state index contributed by atoms with van der Waals surface area (Å²) in [6.07, 6.45) is 5.89. The number of rotatable bonds is 5. The summed E-state index contributed by atoms with van der Waals surface area (Å²) in [6.45, 7) is 2.38. The third kappa shape index (κ3) is 3.19. The molecule has 1 fully saturated rings. The van der Waals surface area contributed by atoms with Crippen LogP contribution in [0.15, 0.2) is 0 Å². The van der Waals surface area contributed by atoms with E-state index in [0.717, 1.165) is 32.1 Å². The van der Waals surface area contributed by atoms with E-state index in [-0.39, 0.29) is 24.0 Å². The van der Waals surface area contributed by atoms with Gasteiger partial charge in [-0.3, -0.25) is 4.79 Å². The Balaban J connectivity index is 2.57. The minimum absolute atomic E-state index is 0.000880. The molecule has 4 N–H and O–H groups in total. The summed E-state index contributed by atoms with van der Waals surface area (Å²) in [6, 6.07) is 0. The Kier molecular flexibility index (Phi) is 5.22. The van der Waals surface area contributed by atoms with Gasteiger partial charge in [0.05, 0.1) is 12.1 Å². The van der Waals surface area contributed by atoms with Crippen molar-refractivity contribution in [1.82, 2.24) is 5.32 Å². The highest BCUT2D eigenvalue weighted by molar-refractivity contribution is 5.79. The lowest BCUT2D eigenvalue weighted by Crippen LogP contribution is -2.54. The molecule has 0 saturated heterocycles. The summed E-state index contributed by atoms with van der Waals surface area (Å²) in [5.41, 5.74) is 5.17. The molecule has 1 unspecified atom stereocenters. The van der Waals surface area contributed by atoms with Gasteiger partial charge in [0.1, 0.15) is 0 Å². The molecular formula is C12H24N2O2. The number of amides is 1. The first-order valence-corrected chi connectivity index (χ1v) is 6.30. The molecule has 0 aromatic heterocycles. The van der Waals surface area contributed by atoms with Gasteiger partial charge in [-0.25, -0.2) is 0 Å². The standard InChI is InChI=1S/C12H24N2O2/c1-2-10(8-13)11(16)14-12(9-15)6-4-3-5-7-12/h10,15H,2-9,13H2,1H3,(H,14,16). The van der Waals surface area contributed by atoms with Gasteiger partial charge < -0.3 is 16.2 Å². The monoisotopic (exact) mass is 228 g/mol. The number of aliphatic hydroxyl groups is 1. The minimum atomic E-state index is -0.377. The Morgan fingerprint density at radius 1 is 1.44 bits per heavy atom. The number of hydrogen-bond donors (Lipinski definition) is 3. The third-order valence-electron chi connectivity index (χ3n) is 3.65. The summed E-state index contributed by atoms with van der Waals surface area (Å²) >= 11 is 0. The van der Waals surface area contributed by atoms with Crippen LogP contribution in [-0.4, -0.2) is 29.7 Å². The van der Waals surface area contributed by atoms with Crippen molar-refractivity contribution in [2.75, 3.05) is 13.2 Å². The average Bonchev–Trinajstić information content (AvgIpc) is 2.32. The van der Waals surface area contributed by atoms with Crippen LogP contribution in [0.4, 0.5) is 0 Å². The molecule has 1 saturated carbocycles. The molecule has 0 radical (unpaired) electrons. The fraction of sp³-hybridized carbons (Fsp3) is 0.917. The maximum Gasteiger partial charge on any atom is 0.224 e. The molecule has 1 amide bonds. The van der Waals surface area contributed by atoms with Crippen molar-refractivity contribution in [2.24, 2.45) is 11.7 Å². The molecule has 16 heavy (non-hydrogen) atoms. The normalized spacial score (nSPS) is 21.4. The Morgan fingerprint density at radius 3 is 2.50 bits per heavy atom. The van der Waals surface area contributed by atoms with E-state index in [1.54, 1.807) is 0 Å². The van der Waals surface area contributed by atoms with Crippen LogP contribution in [0.3, 0.4) is 0 Å². The van der Waals surface area contributed by atoms with Crippen LogP contribution >= 0.6 is 0 Å². The van der Waals surface area contributed by atoms with E-state index in [2.05, 4.69) is 5.32 Å². The van der Waals surface area contributed by atoms with Gasteiger partial charge in [-0.2, -0.15) is 0 Å². The van der Waals surface area contributed by atoms with E-state index in [0.29, 0.717) is 6.54 Å². The number of hydrogen-bond acceptors (Lipinski definition) is 3. The van der Waals surface area contributed by atoms with Crippen LogP contribution in [0.5, 0.6) is 0 Å². The molecule has 0 aliphatic heterocycles. The van der Waals surface area contributed by atoms with Gasteiger partial charge in [0.2, 0.25) is 5.91 Å². The van der Waals surface area contributed by atoms with E-state index in [9.17, 15) is 9.90 Å². The van der Waals surface area contributed by atoms with Gasteiger partial charge in [0.15, 0.2) is 0 Å². The number of nitrogens with one attached hydrogen (secondary N) is 1. The topological polar surface area (TPSA) is 75.4 Å². The minimum Gasteiger partial charge on any atom is -0.394 e. The number of aliphatic hydroxyl groups excluding tert-OH is 1. The van der Waals surface area contributed by atoms with Gasteiger partial charge in [-0.15, -0.1) is 0 Å². The molecule has 1 aliphatic carbocycles. The molecule has 1 aliphatic rings. The zero-order chi connectivity index (χ0) is 12.0. The maximum absolute atomic E-state index is 11.9. The molecule has 4 heteroatoms. The van der Waals surface area contributed by atoms with E-state index >= 15 is 0 Å². The van der Waals surface area contributed by atoms with Crippen molar-refractivity contribution in [2.45, 2.75) is 51.0 Å². The molecule has 4 nitrogen and oxygen atoms in total. The summed E-state index contributed by atoms with van der Waals surface area (Å²) in [4.78, 5) is 11.9. The lowest BCUT2D eigenvalue weighted by atomic mass is 9.82. The maximum atomic E-state index is 11.9. The fourth-order valence-corrected chi connectivity index (χ4v) is 2.37. The first kappa shape index (κ1) is 13.5. The van der Waals surface area contributed by atoms with Crippen LogP contribution < -0.4 is 11.1 Å². The smallest absolute Gasteiger partial charge is 0.224 e. The summed E-state index contributed by atoms with van der Waals surface area (Å²) in [7, 11) is 0. The van der Waals surface area contributed by atoms with Crippen molar-refractivity contribution in [3.8, 4) is 0 Å². The highest BCUT2D eigenvalue weighted by Crippen LogP contribution is 2.28. The van der Waals surface area contributed by atoms with Gasteiger partial charge >= 0.3 is 0 Å². The Bertz CT molecular complexity index is 221. The highest BCUT2D eigenvalue weighted by Gasteiger charge is 2.34. The van der Waals surface area contributed by atoms with Crippen molar-refractivity contribution in [1.29, 1.82) is 0 Å². The zero-order valence-corrected chi connectivity index (χ0v) is 10.2. The molecule has 0 aromatic rings. The number of carbonyl (C=O) groups excluding carboxylic acids is 1. The Morgan fingerprint density at radius 2 is 2.06 bits per heavy atom. The van der Waals surface area contributed by atoms with Crippen LogP contribution in [0, 0.1) is 5.92 Å². The van der Waals surface area contributed by atoms with Gasteiger partial charge in [-0.05, 0) is 19.3 Å². The Hall–Kier alpha value is -0.610. The SMILES string of the molecule is CCC(CN)C(=O)NC1(CO)CCCCC1. The number of carbonyl (C=O) groups is 1. The molecule has 0 bridgehead atoms. The predicted octanol–water partition coefficient (Wildman–Crippen LogP) is 0.783. The van der Waals surface area contributed by atoms with E-state index in [4.69, 9.17) is 5.73 Å². The first-order valence-electron chi connectivity index (χ1n) is 6.30. The van der Waals surface area contributed by atoms with Gasteiger partial charge in [0, 0.05) is 12.5 Å². The van der Waals surface area contributed by atoms with Crippen LogP contribution in [-0.2, 0) is 4.79 Å². The van der Waals surface area contributed by atoms with Gasteiger partial charge in [0.25, 0.3) is 0 Å². The molecule has 0 heterocycles. The molecular weight excluding hydrogens is 204 g/mol. The summed E-state index contributed by atoms with van der Waals surface area (Å²) < 4.78 is 0. The third-order valence-corrected chi connectivity index (χ3v) is 3.65. The van der Waals surface area contributed by atoms with Crippen molar-refractivity contribution >= 4 is 5.91 Å². The van der Waals surface area contributed by atoms with Gasteiger partial charge in [-0.1, -0.05) is 26.2 Å². The van der Waals surface area contributed by atoms with E-state index < -0.39 is 0 Å². The van der Waals surface area contributed by atoms with Crippen molar-refractivity contribution < 1.29 is 9.90 Å². The molecule has 94 valence electrons. The van der Waals surface area contributed by atoms with Crippen molar-refractivity contribution in [3.05, 3.63) is 0 Å². The number of nitrogens with two attached hydrogens (primary N) is 1. The molecule has 0 spiro atoms. The second-order valence-electron chi connectivity index (χ2n) is 4.83.